The van der Waals surface area contributed by atoms with Crippen LogP contribution in [0.3, 0.4) is 0 Å². The Morgan fingerprint density at radius 3 is 2.55 bits per heavy atom. The zero-order valence-corrected chi connectivity index (χ0v) is 13.2. The summed E-state index contributed by atoms with van der Waals surface area (Å²) in [5.41, 5.74) is 6.28. The number of hydrogen-bond donors (Lipinski definition) is 2. The molecule has 2 rings (SSSR count). The minimum atomic E-state index is -3.63. The van der Waals surface area contributed by atoms with Gasteiger partial charge in [0.25, 0.3) is 0 Å². The van der Waals surface area contributed by atoms with Crippen molar-refractivity contribution < 1.29 is 8.42 Å². The van der Waals surface area contributed by atoms with Crippen LogP contribution in [0.4, 0.5) is 5.82 Å². The minimum absolute atomic E-state index is 0.0538. The highest BCUT2D eigenvalue weighted by Crippen LogP contribution is 2.24. The third-order valence-electron chi connectivity index (χ3n) is 3.99. The summed E-state index contributed by atoms with van der Waals surface area (Å²) in [6.07, 6.45) is 0.802. The zero-order valence-electron chi connectivity index (χ0n) is 12.4. The van der Waals surface area contributed by atoms with Crippen LogP contribution in [0.1, 0.15) is 19.0 Å². The summed E-state index contributed by atoms with van der Waals surface area (Å²) in [7, 11) is 0.102. The Kier molecular flexibility index (Phi) is 4.08. The van der Waals surface area contributed by atoms with E-state index in [2.05, 4.69) is 21.6 Å². The van der Waals surface area contributed by atoms with Crippen molar-refractivity contribution in [2.45, 2.75) is 31.2 Å². The summed E-state index contributed by atoms with van der Waals surface area (Å²) < 4.78 is 29.3. The molecule has 0 amide bonds. The number of nitrogen functional groups attached to an aromatic ring is 1. The highest BCUT2D eigenvalue weighted by molar-refractivity contribution is 7.89. The van der Waals surface area contributed by atoms with Crippen LogP contribution < -0.4 is 10.5 Å². The van der Waals surface area contributed by atoms with Crippen LogP contribution in [0.15, 0.2) is 4.90 Å². The molecule has 20 heavy (non-hydrogen) atoms. The van der Waals surface area contributed by atoms with Gasteiger partial charge in [0.2, 0.25) is 10.0 Å². The van der Waals surface area contributed by atoms with Crippen molar-refractivity contribution in [3.63, 3.8) is 0 Å². The summed E-state index contributed by atoms with van der Waals surface area (Å²) in [6, 6.07) is -0.0600. The minimum Gasteiger partial charge on any atom is -0.381 e. The predicted molar refractivity (Wildman–Crippen MR) is 77.7 cm³/mol. The third-order valence-corrected chi connectivity index (χ3v) is 5.64. The van der Waals surface area contributed by atoms with Gasteiger partial charge in [-0.15, -0.1) is 0 Å². The first-order valence-corrected chi connectivity index (χ1v) is 8.20. The van der Waals surface area contributed by atoms with Crippen molar-refractivity contribution >= 4 is 15.8 Å². The van der Waals surface area contributed by atoms with Crippen LogP contribution in [-0.2, 0) is 17.1 Å². The smallest absolute Gasteiger partial charge is 0.246 e. The van der Waals surface area contributed by atoms with Crippen LogP contribution in [-0.4, -0.2) is 49.3 Å². The zero-order chi connectivity index (χ0) is 15.1. The third kappa shape index (κ3) is 2.82. The number of anilines is 1. The summed E-state index contributed by atoms with van der Waals surface area (Å²) >= 11 is 0. The number of aromatic nitrogens is 2. The fourth-order valence-electron chi connectivity index (χ4n) is 2.73. The molecular formula is C12H23N5O2S. The molecule has 1 aliphatic heterocycles. The Bertz CT molecular complexity index is 595. The highest BCUT2D eigenvalue weighted by atomic mass is 32.2. The van der Waals surface area contributed by atoms with Crippen molar-refractivity contribution in [1.82, 2.24) is 19.4 Å². The summed E-state index contributed by atoms with van der Waals surface area (Å²) in [5, 5.41) is 3.97. The van der Waals surface area contributed by atoms with Crippen molar-refractivity contribution in [1.29, 1.82) is 0 Å². The fraction of sp³-hybridized carbons (Fsp3) is 0.750. The quantitative estimate of drug-likeness (QED) is 0.815. The first-order chi connectivity index (χ1) is 9.22. The second kappa shape index (κ2) is 5.34. The van der Waals surface area contributed by atoms with Crippen LogP contribution in [0.2, 0.25) is 0 Å². The molecule has 1 aromatic rings. The molecule has 114 valence electrons. The molecule has 1 aromatic heterocycles. The van der Waals surface area contributed by atoms with Gasteiger partial charge in [-0.1, -0.05) is 6.92 Å². The lowest BCUT2D eigenvalue weighted by Gasteiger charge is -2.34. The number of likely N-dealkylation sites (tertiary alicyclic amines) is 1. The summed E-state index contributed by atoms with van der Waals surface area (Å²) in [6.45, 7) is 5.53. The molecule has 0 spiro atoms. The normalized spacial score (nSPS) is 25.0. The van der Waals surface area contributed by atoms with E-state index in [0.717, 1.165) is 19.5 Å². The van der Waals surface area contributed by atoms with Crippen molar-refractivity contribution in [3.8, 4) is 0 Å². The monoisotopic (exact) mass is 301 g/mol. The van der Waals surface area contributed by atoms with Gasteiger partial charge >= 0.3 is 0 Å². The van der Waals surface area contributed by atoms with E-state index in [1.54, 1.807) is 14.0 Å². The first-order valence-electron chi connectivity index (χ1n) is 6.72. The Hall–Kier alpha value is -1.12. The number of sulfonamides is 1. The number of rotatable bonds is 3. The Balaban J connectivity index is 2.23. The summed E-state index contributed by atoms with van der Waals surface area (Å²) in [4.78, 5) is 2.31. The Morgan fingerprint density at radius 1 is 1.40 bits per heavy atom. The fourth-order valence-corrected chi connectivity index (χ4v) is 4.44. The molecular weight excluding hydrogens is 278 g/mol. The molecule has 1 aliphatic rings. The van der Waals surface area contributed by atoms with Gasteiger partial charge in [0.05, 0.1) is 5.69 Å². The van der Waals surface area contributed by atoms with Crippen LogP contribution in [0, 0.1) is 12.8 Å². The molecule has 0 aliphatic carbocycles. The number of nitrogens with zero attached hydrogens (tertiary/aromatic N) is 3. The number of piperidine rings is 1. The molecule has 8 heteroatoms. The predicted octanol–water partition coefficient (Wildman–Crippen LogP) is -0.0708. The van der Waals surface area contributed by atoms with Gasteiger partial charge in [0, 0.05) is 19.6 Å². The Morgan fingerprint density at radius 2 is 2.05 bits per heavy atom. The Labute approximate surface area is 120 Å². The van der Waals surface area contributed by atoms with E-state index in [0.29, 0.717) is 5.69 Å². The molecule has 2 heterocycles. The van der Waals surface area contributed by atoms with E-state index in [9.17, 15) is 8.42 Å². The van der Waals surface area contributed by atoms with Gasteiger partial charge in [-0.2, -0.15) is 5.10 Å². The van der Waals surface area contributed by atoms with Gasteiger partial charge < -0.3 is 10.6 Å². The number of hydrogen-bond acceptors (Lipinski definition) is 5. The number of nitrogens with one attached hydrogen (secondary N) is 1. The van der Waals surface area contributed by atoms with E-state index in [1.807, 2.05) is 7.05 Å². The number of nitrogens with two attached hydrogens (primary N) is 1. The SMILES string of the molecule is Cc1c(S(=O)(=O)NC2CCN(C)CC2C)c(N)nn1C. The van der Waals surface area contributed by atoms with Crippen molar-refractivity contribution in [2.75, 3.05) is 25.9 Å². The van der Waals surface area contributed by atoms with E-state index >= 15 is 0 Å². The maximum atomic E-state index is 12.5. The highest BCUT2D eigenvalue weighted by Gasteiger charge is 2.31. The second-order valence-electron chi connectivity index (χ2n) is 5.68. The molecule has 1 saturated heterocycles. The van der Waals surface area contributed by atoms with Gasteiger partial charge in [0.1, 0.15) is 4.90 Å². The van der Waals surface area contributed by atoms with E-state index in [1.165, 1.54) is 4.68 Å². The largest absolute Gasteiger partial charge is 0.381 e. The lowest BCUT2D eigenvalue weighted by molar-refractivity contribution is 0.188. The van der Waals surface area contributed by atoms with Gasteiger partial charge in [-0.05, 0) is 32.9 Å². The van der Waals surface area contributed by atoms with E-state index in [4.69, 9.17) is 5.73 Å². The average Bonchev–Trinajstić information content (AvgIpc) is 2.57. The standard InChI is InChI=1S/C12H23N5O2S/c1-8-7-16(3)6-5-10(8)15-20(18,19)11-9(2)17(4)14-12(11)13/h8,10,15H,5-7H2,1-4H3,(H2,13,14). The van der Waals surface area contributed by atoms with Crippen molar-refractivity contribution in [3.05, 3.63) is 5.69 Å². The molecule has 1 fully saturated rings. The molecule has 0 saturated carbocycles. The van der Waals surface area contributed by atoms with Crippen LogP contribution >= 0.6 is 0 Å². The maximum Gasteiger partial charge on any atom is 0.246 e. The molecule has 0 aromatic carbocycles. The van der Waals surface area contributed by atoms with E-state index < -0.39 is 10.0 Å². The van der Waals surface area contributed by atoms with Crippen molar-refractivity contribution in [2.24, 2.45) is 13.0 Å². The lowest BCUT2D eigenvalue weighted by atomic mass is 9.95. The first kappa shape index (κ1) is 15.3. The lowest BCUT2D eigenvalue weighted by Crippen LogP contribution is -2.48. The van der Waals surface area contributed by atoms with Crippen LogP contribution in [0.25, 0.3) is 0 Å². The van der Waals surface area contributed by atoms with Gasteiger partial charge in [0.15, 0.2) is 5.82 Å². The topological polar surface area (TPSA) is 93.2 Å². The molecule has 2 unspecified atom stereocenters. The van der Waals surface area contributed by atoms with Gasteiger partial charge in [-0.3, -0.25) is 4.68 Å². The van der Waals surface area contributed by atoms with Gasteiger partial charge in [-0.25, -0.2) is 13.1 Å². The second-order valence-corrected chi connectivity index (χ2v) is 7.33. The maximum absolute atomic E-state index is 12.5. The molecule has 2 atom stereocenters. The average molecular weight is 301 g/mol. The summed E-state index contributed by atoms with van der Waals surface area (Å²) in [5.74, 6) is 0.319. The molecule has 7 nitrogen and oxygen atoms in total. The van der Waals surface area contributed by atoms with Crippen LogP contribution in [0.5, 0.6) is 0 Å². The number of aryl methyl sites for hydroxylation is 1. The molecule has 0 radical (unpaired) electrons. The van der Waals surface area contributed by atoms with E-state index in [-0.39, 0.29) is 22.7 Å². The molecule has 3 N–H and O–H groups in total. The molecule has 0 bridgehead atoms.